The van der Waals surface area contributed by atoms with Gasteiger partial charge >= 0.3 is 0 Å². The van der Waals surface area contributed by atoms with Gasteiger partial charge < -0.3 is 15.8 Å². The largest absolute Gasteiger partial charge is 0.382 e. The van der Waals surface area contributed by atoms with Crippen LogP contribution in [0.3, 0.4) is 0 Å². The summed E-state index contributed by atoms with van der Waals surface area (Å²) < 4.78 is 20.3. The average Bonchev–Trinajstić information content (AvgIpc) is 2.80. The third kappa shape index (κ3) is 4.72. The van der Waals surface area contributed by atoms with Crippen LogP contribution in [0.5, 0.6) is 0 Å². The molecule has 1 fully saturated rings. The number of carbonyl (C=O) groups is 1. The highest BCUT2D eigenvalue weighted by Crippen LogP contribution is 2.30. The predicted octanol–water partition coefficient (Wildman–Crippen LogP) is 4.25. The van der Waals surface area contributed by atoms with Gasteiger partial charge in [-0.3, -0.25) is 4.79 Å². The first-order valence-corrected chi connectivity index (χ1v) is 10.4. The molecule has 1 amide bonds. The number of carbonyl (C=O) groups excluding carboxylic acids is 1. The normalized spacial score (nSPS) is 15.4. The number of rotatable bonds is 5. The Morgan fingerprint density at radius 1 is 1.19 bits per heavy atom. The first-order chi connectivity index (χ1) is 15.0. The van der Waals surface area contributed by atoms with Crippen molar-refractivity contribution in [3.05, 3.63) is 77.4 Å². The minimum atomic E-state index is -0.632. The molecule has 3 N–H and O–H groups in total. The van der Waals surface area contributed by atoms with E-state index < -0.39 is 11.7 Å². The van der Waals surface area contributed by atoms with E-state index in [1.807, 2.05) is 37.3 Å². The number of anilines is 1. The van der Waals surface area contributed by atoms with Gasteiger partial charge in [0.2, 0.25) is 0 Å². The Balaban J connectivity index is 1.55. The van der Waals surface area contributed by atoms with Crippen LogP contribution in [-0.4, -0.2) is 29.1 Å². The van der Waals surface area contributed by atoms with Crippen LogP contribution in [0, 0.1) is 5.82 Å². The molecule has 31 heavy (non-hydrogen) atoms. The molecule has 6 nitrogen and oxygen atoms in total. The monoisotopic (exact) mass is 420 g/mol. The smallest absolute Gasteiger partial charge is 0.254 e. The number of nitrogens with two attached hydrogens (primary N) is 1. The van der Waals surface area contributed by atoms with Gasteiger partial charge in [-0.15, -0.1) is 0 Å². The van der Waals surface area contributed by atoms with Crippen molar-refractivity contribution < 1.29 is 13.9 Å². The zero-order chi connectivity index (χ0) is 21.8. The summed E-state index contributed by atoms with van der Waals surface area (Å²) in [5, 5.41) is 2.83. The Morgan fingerprint density at radius 3 is 2.65 bits per heavy atom. The van der Waals surface area contributed by atoms with Crippen LogP contribution < -0.4 is 11.1 Å². The third-order valence-corrected chi connectivity index (χ3v) is 5.59. The van der Waals surface area contributed by atoms with Gasteiger partial charge in [0, 0.05) is 24.7 Å². The maximum atomic E-state index is 14.9. The molecule has 3 aromatic rings. The van der Waals surface area contributed by atoms with Crippen molar-refractivity contribution in [2.24, 2.45) is 0 Å². The van der Waals surface area contributed by atoms with Gasteiger partial charge in [0.05, 0.1) is 23.5 Å². The highest BCUT2D eigenvalue weighted by Gasteiger charge is 2.21. The molecule has 4 rings (SSSR count). The Morgan fingerprint density at radius 2 is 1.94 bits per heavy atom. The van der Waals surface area contributed by atoms with E-state index in [1.54, 1.807) is 12.3 Å². The Kier molecular flexibility index (Phi) is 6.23. The van der Waals surface area contributed by atoms with Gasteiger partial charge in [-0.05, 0) is 37.5 Å². The number of nitrogens with zero attached hydrogens (tertiary/aromatic N) is 2. The molecule has 0 aliphatic carbocycles. The van der Waals surface area contributed by atoms with Crippen molar-refractivity contribution in [1.82, 2.24) is 15.3 Å². The molecule has 1 atom stereocenters. The zero-order valence-corrected chi connectivity index (χ0v) is 17.3. The summed E-state index contributed by atoms with van der Waals surface area (Å²) in [6.07, 6.45) is 3.41. The Hall–Kier alpha value is -3.32. The lowest BCUT2D eigenvalue weighted by Gasteiger charge is -2.22. The SMILES string of the molecule is C[C@@H](NC(=O)c1ccc(-c2nc(C3CCOCC3)cnc2N)cc1F)c1ccccc1. The number of hydrogen-bond donors (Lipinski definition) is 2. The zero-order valence-electron chi connectivity index (χ0n) is 17.3. The molecule has 0 saturated carbocycles. The minimum Gasteiger partial charge on any atom is -0.382 e. The second-order valence-corrected chi connectivity index (χ2v) is 7.72. The number of nitrogen functional groups attached to an aromatic ring is 1. The van der Waals surface area contributed by atoms with Gasteiger partial charge in [-0.1, -0.05) is 36.4 Å². The van der Waals surface area contributed by atoms with E-state index in [2.05, 4.69) is 15.3 Å². The van der Waals surface area contributed by atoms with E-state index >= 15 is 0 Å². The van der Waals surface area contributed by atoms with E-state index in [-0.39, 0.29) is 23.3 Å². The van der Waals surface area contributed by atoms with Gasteiger partial charge in [0.1, 0.15) is 17.3 Å². The fourth-order valence-corrected chi connectivity index (χ4v) is 3.76. The van der Waals surface area contributed by atoms with Gasteiger partial charge in [-0.2, -0.15) is 0 Å². The Bertz CT molecular complexity index is 1070. The van der Waals surface area contributed by atoms with Crippen molar-refractivity contribution >= 4 is 11.7 Å². The minimum absolute atomic E-state index is 0.0290. The second kappa shape index (κ2) is 9.22. The summed E-state index contributed by atoms with van der Waals surface area (Å²) in [7, 11) is 0. The number of hydrogen-bond acceptors (Lipinski definition) is 5. The van der Waals surface area contributed by atoms with Crippen molar-refractivity contribution in [2.75, 3.05) is 18.9 Å². The van der Waals surface area contributed by atoms with Crippen molar-refractivity contribution in [2.45, 2.75) is 31.7 Å². The number of aromatic nitrogens is 2. The molecular formula is C24H25FN4O2. The molecular weight excluding hydrogens is 395 g/mol. The van der Waals surface area contributed by atoms with Crippen molar-refractivity contribution in [1.29, 1.82) is 0 Å². The van der Waals surface area contributed by atoms with Gasteiger partial charge in [0.15, 0.2) is 0 Å². The average molecular weight is 420 g/mol. The van der Waals surface area contributed by atoms with Gasteiger partial charge in [0.25, 0.3) is 5.91 Å². The van der Waals surface area contributed by atoms with Crippen LogP contribution >= 0.6 is 0 Å². The maximum Gasteiger partial charge on any atom is 0.254 e. The van der Waals surface area contributed by atoms with Crippen LogP contribution in [-0.2, 0) is 4.74 Å². The lowest BCUT2D eigenvalue weighted by molar-refractivity contribution is 0.0844. The lowest BCUT2D eigenvalue weighted by Crippen LogP contribution is -2.27. The molecule has 160 valence electrons. The van der Waals surface area contributed by atoms with E-state index in [0.717, 1.165) is 24.1 Å². The fraction of sp³-hybridized carbons (Fsp3) is 0.292. The highest BCUT2D eigenvalue weighted by molar-refractivity contribution is 5.95. The summed E-state index contributed by atoms with van der Waals surface area (Å²) >= 11 is 0. The molecule has 2 heterocycles. The van der Waals surface area contributed by atoms with Crippen LogP contribution in [0.15, 0.2) is 54.7 Å². The lowest BCUT2D eigenvalue weighted by atomic mass is 9.96. The third-order valence-electron chi connectivity index (χ3n) is 5.59. The van der Waals surface area contributed by atoms with Gasteiger partial charge in [-0.25, -0.2) is 14.4 Å². The Labute approximate surface area is 180 Å². The van der Waals surface area contributed by atoms with Crippen LogP contribution in [0.2, 0.25) is 0 Å². The number of nitrogens with one attached hydrogen (secondary N) is 1. The van der Waals surface area contributed by atoms with E-state index in [0.29, 0.717) is 24.5 Å². The van der Waals surface area contributed by atoms with Crippen molar-refractivity contribution in [3.8, 4) is 11.3 Å². The molecule has 2 aromatic carbocycles. The summed E-state index contributed by atoms with van der Waals surface area (Å²) in [5.74, 6) is -0.636. The maximum absolute atomic E-state index is 14.9. The second-order valence-electron chi connectivity index (χ2n) is 7.72. The number of benzene rings is 2. The van der Waals surface area contributed by atoms with Crippen LogP contribution in [0.4, 0.5) is 10.2 Å². The van der Waals surface area contributed by atoms with Crippen molar-refractivity contribution in [3.63, 3.8) is 0 Å². The van der Waals surface area contributed by atoms with Crippen LogP contribution in [0.25, 0.3) is 11.3 Å². The molecule has 0 bridgehead atoms. The summed E-state index contributed by atoms with van der Waals surface area (Å²) in [6, 6.07) is 13.7. The molecule has 1 saturated heterocycles. The molecule has 0 unspecified atom stereocenters. The highest BCUT2D eigenvalue weighted by atomic mass is 19.1. The topological polar surface area (TPSA) is 90.1 Å². The molecule has 1 aromatic heterocycles. The van der Waals surface area contributed by atoms with E-state index in [4.69, 9.17) is 10.5 Å². The summed E-state index contributed by atoms with van der Waals surface area (Å²) in [6.45, 7) is 3.23. The number of halogens is 1. The molecule has 0 radical (unpaired) electrons. The standard InChI is InChI=1S/C24H25FN4O2/c1-15(16-5-3-2-4-6-16)28-24(30)19-8-7-18(13-20(19)25)22-23(26)27-14-21(29-22)17-9-11-31-12-10-17/h2-8,13-15,17H,9-12H2,1H3,(H2,26,27)(H,28,30)/t15-/m1/s1. The summed E-state index contributed by atoms with van der Waals surface area (Å²) in [4.78, 5) is 21.5. The molecule has 7 heteroatoms. The molecule has 1 aliphatic rings. The number of ether oxygens (including phenoxy) is 1. The van der Waals surface area contributed by atoms with E-state index in [9.17, 15) is 9.18 Å². The van der Waals surface area contributed by atoms with Crippen LogP contribution in [0.1, 0.15) is 53.3 Å². The van der Waals surface area contributed by atoms with E-state index in [1.165, 1.54) is 12.1 Å². The first-order valence-electron chi connectivity index (χ1n) is 10.4. The number of amides is 1. The fourth-order valence-electron chi connectivity index (χ4n) is 3.76. The molecule has 0 spiro atoms. The molecule has 1 aliphatic heterocycles. The summed E-state index contributed by atoms with van der Waals surface area (Å²) in [5.41, 5.74) is 8.68. The predicted molar refractivity (Wildman–Crippen MR) is 117 cm³/mol. The first kappa shape index (κ1) is 20.9. The quantitative estimate of drug-likeness (QED) is 0.644.